The summed E-state index contributed by atoms with van der Waals surface area (Å²) >= 11 is 0. The number of ether oxygens (including phenoxy) is 1. The van der Waals surface area contributed by atoms with Crippen molar-refractivity contribution in [1.82, 2.24) is 9.55 Å². The molecule has 0 radical (unpaired) electrons. The van der Waals surface area contributed by atoms with Crippen LogP contribution in [0.5, 0.6) is 0 Å². The lowest BCUT2D eigenvalue weighted by molar-refractivity contribution is 0.0274. The molecule has 2 atom stereocenters. The molecule has 6 rings (SSSR count). The normalized spacial score (nSPS) is 20.5. The second-order valence-corrected chi connectivity index (χ2v) is 8.48. The Hall–Kier alpha value is -2.95. The number of amides is 1. The van der Waals surface area contributed by atoms with E-state index >= 15 is 0 Å². The van der Waals surface area contributed by atoms with E-state index in [2.05, 4.69) is 27.5 Å². The lowest BCUT2D eigenvalue weighted by Gasteiger charge is -2.26. The van der Waals surface area contributed by atoms with E-state index in [4.69, 9.17) is 10.5 Å². The maximum Gasteiger partial charge on any atom is 0.269 e. The van der Waals surface area contributed by atoms with Crippen LogP contribution in [0.1, 0.15) is 65.5 Å². The summed E-state index contributed by atoms with van der Waals surface area (Å²) in [6.07, 6.45) is 4.88. The molecule has 2 unspecified atom stereocenters. The summed E-state index contributed by atoms with van der Waals surface area (Å²) in [4.78, 5) is 16.7. The molecule has 0 saturated heterocycles. The molecule has 1 saturated carbocycles. The van der Waals surface area contributed by atoms with E-state index in [9.17, 15) is 14.3 Å². The monoisotopic (exact) mass is 407 g/mol. The Kier molecular flexibility index (Phi) is 4.14. The fraction of sp³-hybridized carbons (Fsp3) is 0.391. The number of hydrogen-bond acceptors (Lipinski definition) is 4. The van der Waals surface area contributed by atoms with Crippen molar-refractivity contribution in [2.45, 2.75) is 43.7 Å². The molecule has 1 amide bonds. The van der Waals surface area contributed by atoms with Gasteiger partial charge in [-0.3, -0.25) is 4.79 Å². The summed E-state index contributed by atoms with van der Waals surface area (Å²) in [5.41, 5.74) is 8.16. The van der Waals surface area contributed by atoms with Gasteiger partial charge in [0.05, 0.1) is 23.9 Å². The van der Waals surface area contributed by atoms with Gasteiger partial charge in [0.2, 0.25) is 0 Å². The van der Waals surface area contributed by atoms with Crippen molar-refractivity contribution in [3.05, 3.63) is 46.5 Å². The van der Waals surface area contributed by atoms with Crippen molar-refractivity contribution in [3.8, 4) is 23.2 Å². The van der Waals surface area contributed by atoms with Crippen molar-refractivity contribution in [1.29, 1.82) is 0 Å². The minimum absolute atomic E-state index is 0.0122. The van der Waals surface area contributed by atoms with Gasteiger partial charge in [0.25, 0.3) is 5.91 Å². The number of imidazole rings is 1. The SMILES string of the molecule is COCC(C)(O)C#Cc1cc2c(cc1F)C1=CC(C1)n1c-2nc(C(N)=O)c1C1CC1. The van der Waals surface area contributed by atoms with E-state index in [1.54, 1.807) is 6.07 Å². The number of methoxy groups -OCH3 is 1. The number of nitrogens with zero attached hydrogens (tertiary/aromatic N) is 2. The first-order chi connectivity index (χ1) is 14.3. The van der Waals surface area contributed by atoms with Gasteiger partial charge in [0, 0.05) is 18.6 Å². The molecular weight excluding hydrogens is 385 g/mol. The van der Waals surface area contributed by atoms with Crippen molar-refractivity contribution < 1.29 is 19.0 Å². The molecule has 1 aromatic heterocycles. The summed E-state index contributed by atoms with van der Waals surface area (Å²) < 4.78 is 21.9. The van der Waals surface area contributed by atoms with Crippen LogP contribution in [0, 0.1) is 17.7 Å². The van der Waals surface area contributed by atoms with E-state index in [1.165, 1.54) is 20.1 Å². The largest absolute Gasteiger partial charge is 0.381 e. The first-order valence-electron chi connectivity index (χ1n) is 10.0. The maximum atomic E-state index is 14.8. The zero-order valence-corrected chi connectivity index (χ0v) is 16.8. The molecule has 154 valence electrons. The summed E-state index contributed by atoms with van der Waals surface area (Å²) in [5, 5.41) is 10.2. The first kappa shape index (κ1) is 19.0. The van der Waals surface area contributed by atoms with Crippen LogP contribution < -0.4 is 5.73 Å². The molecule has 4 aliphatic rings. The number of rotatable bonds is 4. The van der Waals surface area contributed by atoms with Crippen LogP contribution in [0.3, 0.4) is 0 Å². The van der Waals surface area contributed by atoms with Gasteiger partial charge in [0.15, 0.2) is 0 Å². The Labute approximate surface area is 173 Å². The number of hydrogen-bond donors (Lipinski definition) is 2. The van der Waals surface area contributed by atoms with Crippen LogP contribution in [0.4, 0.5) is 4.39 Å². The third-order valence-corrected chi connectivity index (χ3v) is 5.89. The second-order valence-electron chi connectivity index (χ2n) is 8.48. The Morgan fingerprint density at radius 3 is 2.80 bits per heavy atom. The van der Waals surface area contributed by atoms with Crippen molar-refractivity contribution >= 4 is 11.5 Å². The van der Waals surface area contributed by atoms with Crippen LogP contribution in [0.15, 0.2) is 18.2 Å². The molecule has 2 bridgehead atoms. The highest BCUT2D eigenvalue weighted by Crippen LogP contribution is 2.52. The molecule has 2 aromatic rings. The number of primary amides is 1. The molecule has 3 N–H and O–H groups in total. The molecule has 30 heavy (non-hydrogen) atoms. The van der Waals surface area contributed by atoms with Crippen LogP contribution in [-0.2, 0) is 4.74 Å². The van der Waals surface area contributed by atoms with Crippen LogP contribution in [-0.4, -0.2) is 39.9 Å². The molecule has 6 nitrogen and oxygen atoms in total. The van der Waals surface area contributed by atoms with Gasteiger partial charge >= 0.3 is 0 Å². The number of halogens is 1. The third kappa shape index (κ3) is 2.95. The van der Waals surface area contributed by atoms with E-state index in [-0.39, 0.29) is 24.1 Å². The fourth-order valence-corrected chi connectivity index (χ4v) is 4.33. The number of allylic oxidation sites excluding steroid dienone is 2. The van der Waals surface area contributed by atoms with Gasteiger partial charge < -0.3 is 20.1 Å². The van der Waals surface area contributed by atoms with Gasteiger partial charge in [-0.15, -0.1) is 0 Å². The van der Waals surface area contributed by atoms with E-state index < -0.39 is 17.3 Å². The Bertz CT molecular complexity index is 1180. The minimum atomic E-state index is -1.39. The van der Waals surface area contributed by atoms with Crippen molar-refractivity contribution in [3.63, 3.8) is 0 Å². The van der Waals surface area contributed by atoms with Crippen LogP contribution in [0.25, 0.3) is 17.0 Å². The van der Waals surface area contributed by atoms with Crippen molar-refractivity contribution in [2.75, 3.05) is 13.7 Å². The number of benzene rings is 1. The number of aliphatic hydroxyl groups is 1. The molecule has 7 heteroatoms. The van der Waals surface area contributed by atoms with E-state index in [0.717, 1.165) is 41.7 Å². The number of carbonyl (C=O) groups excluding carboxylic acids is 1. The molecule has 3 heterocycles. The smallest absolute Gasteiger partial charge is 0.269 e. The summed E-state index contributed by atoms with van der Waals surface area (Å²) in [5.74, 6) is 5.33. The van der Waals surface area contributed by atoms with E-state index in [0.29, 0.717) is 11.5 Å². The number of carbonyl (C=O) groups is 1. The van der Waals surface area contributed by atoms with Gasteiger partial charge in [-0.05, 0) is 49.5 Å². The lowest BCUT2D eigenvalue weighted by Crippen LogP contribution is -2.27. The molecule has 2 aliphatic heterocycles. The average Bonchev–Trinajstić information content (AvgIpc) is 3.43. The van der Waals surface area contributed by atoms with Crippen molar-refractivity contribution in [2.24, 2.45) is 5.73 Å². The average molecular weight is 407 g/mol. The maximum absolute atomic E-state index is 14.8. The van der Waals surface area contributed by atoms with Crippen LogP contribution >= 0.6 is 0 Å². The highest BCUT2D eigenvalue weighted by atomic mass is 19.1. The highest BCUT2D eigenvalue weighted by molar-refractivity contribution is 5.94. The van der Waals surface area contributed by atoms with E-state index in [1.807, 2.05) is 0 Å². The van der Waals surface area contributed by atoms with Gasteiger partial charge in [-0.2, -0.15) is 0 Å². The fourth-order valence-electron chi connectivity index (χ4n) is 4.33. The molecule has 2 aliphatic carbocycles. The third-order valence-electron chi connectivity index (χ3n) is 5.89. The standard InChI is InChI=1S/C23H22FN3O3/c1-23(29,11-30-2)6-5-13-9-17-16(10-18(13)24)14-7-15(8-14)27-20(12-3-4-12)19(21(25)28)26-22(17)27/h7,9-10,12,15,29H,3-4,8,11H2,1-2H3,(H2,25,28). The molecule has 0 spiro atoms. The Morgan fingerprint density at radius 1 is 1.43 bits per heavy atom. The van der Waals surface area contributed by atoms with Gasteiger partial charge in [-0.25, -0.2) is 9.37 Å². The first-order valence-corrected chi connectivity index (χ1v) is 10.0. The topological polar surface area (TPSA) is 90.4 Å². The second kappa shape index (κ2) is 6.53. The predicted molar refractivity (Wildman–Crippen MR) is 109 cm³/mol. The van der Waals surface area contributed by atoms with Crippen LogP contribution in [0.2, 0.25) is 0 Å². The quantitative estimate of drug-likeness (QED) is 0.763. The highest BCUT2D eigenvalue weighted by Gasteiger charge is 2.40. The Balaban J connectivity index is 1.69. The van der Waals surface area contributed by atoms with Gasteiger partial charge in [-0.1, -0.05) is 17.9 Å². The summed E-state index contributed by atoms with van der Waals surface area (Å²) in [6.45, 7) is 1.52. The summed E-state index contributed by atoms with van der Waals surface area (Å²) in [6, 6.07) is 3.22. The summed E-state index contributed by atoms with van der Waals surface area (Å²) in [7, 11) is 1.46. The Morgan fingerprint density at radius 2 is 2.17 bits per heavy atom. The zero-order chi connectivity index (χ0) is 21.2. The lowest BCUT2D eigenvalue weighted by atomic mass is 9.86. The minimum Gasteiger partial charge on any atom is -0.381 e. The molecule has 1 aromatic carbocycles. The number of nitrogens with two attached hydrogens (primary N) is 1. The van der Waals surface area contributed by atoms with Gasteiger partial charge in [0.1, 0.15) is 22.9 Å². The predicted octanol–water partition coefficient (Wildman–Crippen LogP) is 2.76. The zero-order valence-electron chi connectivity index (χ0n) is 16.8. The number of aromatic nitrogens is 2. The molecular formula is C23H22FN3O3. The molecule has 1 fully saturated rings.